The van der Waals surface area contributed by atoms with Crippen LogP contribution in [-0.2, 0) is 20.8 Å². The van der Waals surface area contributed by atoms with E-state index in [1.165, 1.54) is 30.5 Å². The Hall–Kier alpha value is -3.58. The van der Waals surface area contributed by atoms with E-state index >= 15 is 0 Å². The van der Waals surface area contributed by atoms with Crippen molar-refractivity contribution in [3.05, 3.63) is 53.1 Å². The van der Waals surface area contributed by atoms with Crippen molar-refractivity contribution in [2.45, 2.75) is 31.5 Å². The molecule has 9 nitrogen and oxygen atoms in total. The Kier molecular flexibility index (Phi) is 6.23. The highest BCUT2D eigenvalue weighted by molar-refractivity contribution is 5.89. The zero-order chi connectivity index (χ0) is 24.6. The molecule has 0 radical (unpaired) electrons. The van der Waals surface area contributed by atoms with Crippen molar-refractivity contribution in [2.75, 3.05) is 13.1 Å². The number of aromatic nitrogens is 2. The summed E-state index contributed by atoms with van der Waals surface area (Å²) in [5.74, 6) is -3.59. The fraction of sp³-hybridized carbons (Fsp3) is 0.333. The van der Waals surface area contributed by atoms with Crippen LogP contribution >= 0.6 is 0 Å². The highest BCUT2D eigenvalue weighted by atomic mass is 19.4. The number of fused-ring (bicyclic) bond motifs is 2. The van der Waals surface area contributed by atoms with Gasteiger partial charge in [0.25, 0.3) is 0 Å². The van der Waals surface area contributed by atoms with Crippen LogP contribution in [0.3, 0.4) is 0 Å². The number of hydrazine groups is 1. The number of amides is 1. The number of primary amides is 1. The molecule has 1 unspecified atom stereocenters. The second-order valence-corrected chi connectivity index (χ2v) is 7.71. The zero-order valence-corrected chi connectivity index (χ0v) is 17.7. The van der Waals surface area contributed by atoms with E-state index in [4.69, 9.17) is 16.3 Å². The van der Waals surface area contributed by atoms with Gasteiger partial charge in [0.15, 0.2) is 5.82 Å². The van der Waals surface area contributed by atoms with Crippen molar-refractivity contribution in [3.63, 3.8) is 0 Å². The summed E-state index contributed by atoms with van der Waals surface area (Å²) in [6.45, 7) is 0.161. The third-order valence-electron chi connectivity index (χ3n) is 5.47. The van der Waals surface area contributed by atoms with Gasteiger partial charge in [0.2, 0.25) is 5.91 Å². The third-order valence-corrected chi connectivity index (χ3v) is 5.47. The highest BCUT2D eigenvalue weighted by Gasteiger charge is 2.50. The van der Waals surface area contributed by atoms with Gasteiger partial charge in [-0.1, -0.05) is 0 Å². The SMILES string of the molecule is NCCCN1C(C(N)=O)C2=C(c3nc(-c4ccc(F)cc4)ncc3CC2)N1OC(=O)C(F)(F)F. The Morgan fingerprint density at radius 2 is 1.88 bits per heavy atom. The number of alkyl halides is 3. The number of halogens is 4. The van der Waals surface area contributed by atoms with Gasteiger partial charge in [-0.2, -0.15) is 18.2 Å². The molecule has 1 atom stereocenters. The lowest BCUT2D eigenvalue weighted by Crippen LogP contribution is -2.50. The third kappa shape index (κ3) is 4.31. The van der Waals surface area contributed by atoms with Crippen LogP contribution in [0.5, 0.6) is 0 Å². The first kappa shape index (κ1) is 23.6. The molecule has 0 saturated heterocycles. The number of benzene rings is 1. The number of carbonyl (C=O) groups excluding carboxylic acids is 2. The van der Waals surface area contributed by atoms with E-state index in [0.29, 0.717) is 28.3 Å². The number of nitrogens with zero attached hydrogens (tertiary/aromatic N) is 4. The van der Waals surface area contributed by atoms with Crippen molar-refractivity contribution in [1.82, 2.24) is 20.1 Å². The zero-order valence-electron chi connectivity index (χ0n) is 17.7. The summed E-state index contributed by atoms with van der Waals surface area (Å²) >= 11 is 0. The lowest BCUT2D eigenvalue weighted by atomic mass is 9.90. The summed E-state index contributed by atoms with van der Waals surface area (Å²) in [6.07, 6.45) is -2.87. The molecule has 0 spiro atoms. The predicted octanol–water partition coefficient (Wildman–Crippen LogP) is 1.70. The number of carbonyl (C=O) groups is 2. The molecule has 1 amide bonds. The first-order valence-electron chi connectivity index (χ1n) is 10.3. The summed E-state index contributed by atoms with van der Waals surface area (Å²) in [4.78, 5) is 37.6. The second kappa shape index (κ2) is 8.99. The molecule has 0 bridgehead atoms. The Morgan fingerprint density at radius 1 is 1.18 bits per heavy atom. The molecule has 2 heterocycles. The molecule has 2 aromatic rings. The van der Waals surface area contributed by atoms with E-state index in [1.54, 1.807) is 0 Å². The van der Waals surface area contributed by atoms with Crippen LogP contribution in [0.1, 0.15) is 24.1 Å². The summed E-state index contributed by atoms with van der Waals surface area (Å²) in [5.41, 5.74) is 12.8. The Balaban J connectivity index is 1.84. The lowest BCUT2D eigenvalue weighted by molar-refractivity contribution is -0.266. The molecule has 1 aromatic heterocycles. The first-order valence-corrected chi connectivity index (χ1v) is 10.3. The van der Waals surface area contributed by atoms with E-state index in [0.717, 1.165) is 5.01 Å². The van der Waals surface area contributed by atoms with Gasteiger partial charge in [-0.05, 0) is 61.2 Å². The van der Waals surface area contributed by atoms with E-state index in [-0.39, 0.29) is 43.1 Å². The van der Waals surface area contributed by atoms with Crippen LogP contribution in [0.25, 0.3) is 17.1 Å². The van der Waals surface area contributed by atoms with Crippen LogP contribution in [-0.4, -0.2) is 57.3 Å². The fourth-order valence-corrected chi connectivity index (χ4v) is 3.99. The van der Waals surface area contributed by atoms with Gasteiger partial charge >= 0.3 is 12.1 Å². The van der Waals surface area contributed by atoms with Gasteiger partial charge in [-0.3, -0.25) is 4.79 Å². The van der Waals surface area contributed by atoms with Crippen LogP contribution in [0.2, 0.25) is 0 Å². The topological polar surface area (TPSA) is 128 Å². The maximum Gasteiger partial charge on any atom is 0.493 e. The minimum Gasteiger partial charge on any atom is -0.368 e. The maximum absolute atomic E-state index is 13.3. The Labute approximate surface area is 190 Å². The summed E-state index contributed by atoms with van der Waals surface area (Å²) in [5, 5.41) is 1.80. The van der Waals surface area contributed by atoms with Crippen molar-refractivity contribution >= 4 is 17.6 Å². The largest absolute Gasteiger partial charge is 0.493 e. The lowest BCUT2D eigenvalue weighted by Gasteiger charge is -2.32. The molecule has 180 valence electrons. The van der Waals surface area contributed by atoms with Crippen molar-refractivity contribution in [1.29, 1.82) is 0 Å². The molecule has 1 aliphatic heterocycles. The molecule has 4 N–H and O–H groups in total. The summed E-state index contributed by atoms with van der Waals surface area (Å²) < 4.78 is 52.5. The van der Waals surface area contributed by atoms with E-state index < -0.39 is 29.9 Å². The number of hydroxylamine groups is 1. The van der Waals surface area contributed by atoms with Crippen LogP contribution in [0, 0.1) is 5.82 Å². The fourth-order valence-electron chi connectivity index (χ4n) is 3.99. The van der Waals surface area contributed by atoms with Crippen molar-refractivity contribution < 1.29 is 32.0 Å². The molecular formula is C21H20F4N6O3. The summed E-state index contributed by atoms with van der Waals surface area (Å²) in [6, 6.07) is 4.18. The van der Waals surface area contributed by atoms with Crippen molar-refractivity contribution in [2.24, 2.45) is 11.5 Å². The summed E-state index contributed by atoms with van der Waals surface area (Å²) in [7, 11) is 0. The highest BCUT2D eigenvalue weighted by Crippen LogP contribution is 2.43. The maximum atomic E-state index is 13.3. The minimum absolute atomic E-state index is 0.00647. The van der Waals surface area contributed by atoms with Gasteiger partial charge in [-0.25, -0.2) is 19.2 Å². The molecule has 34 heavy (non-hydrogen) atoms. The number of rotatable bonds is 6. The van der Waals surface area contributed by atoms with Gasteiger partial charge in [0, 0.05) is 18.3 Å². The molecule has 13 heteroatoms. The number of aryl methyl sites for hydroxylation is 1. The standard InChI is InChI=1S/C21H20F4N6O3/c22-13-5-2-11(3-6-13)19-28-10-12-4-7-14-16(15(12)29-19)31(34-20(33)21(23,24)25)30(9-1-8-26)17(14)18(27)32/h2-3,5-6,10,17H,1,4,7-9,26H2,(H2,27,32). The molecule has 1 aromatic carbocycles. The monoisotopic (exact) mass is 480 g/mol. The van der Waals surface area contributed by atoms with Gasteiger partial charge in [0.1, 0.15) is 17.6 Å². The smallest absolute Gasteiger partial charge is 0.368 e. The van der Waals surface area contributed by atoms with Gasteiger partial charge < -0.3 is 16.3 Å². The van der Waals surface area contributed by atoms with Crippen LogP contribution < -0.4 is 11.5 Å². The Morgan fingerprint density at radius 3 is 2.50 bits per heavy atom. The minimum atomic E-state index is -5.28. The average Bonchev–Trinajstić information content (AvgIpc) is 3.10. The van der Waals surface area contributed by atoms with Crippen molar-refractivity contribution in [3.8, 4) is 11.4 Å². The molecule has 1 aliphatic carbocycles. The number of nitrogens with two attached hydrogens (primary N) is 2. The predicted molar refractivity (Wildman–Crippen MR) is 110 cm³/mol. The number of hydrogen-bond donors (Lipinski definition) is 2. The Bertz CT molecular complexity index is 1150. The van der Waals surface area contributed by atoms with E-state index in [1.807, 2.05) is 0 Å². The van der Waals surface area contributed by atoms with E-state index in [2.05, 4.69) is 9.97 Å². The van der Waals surface area contributed by atoms with Gasteiger partial charge in [-0.15, -0.1) is 5.17 Å². The molecule has 2 aliphatic rings. The van der Waals surface area contributed by atoms with Crippen LogP contribution in [0.15, 0.2) is 36.0 Å². The average molecular weight is 480 g/mol. The molecule has 4 rings (SSSR count). The second-order valence-electron chi connectivity index (χ2n) is 7.71. The molecule has 0 saturated carbocycles. The normalized spacial score (nSPS) is 18.0. The van der Waals surface area contributed by atoms with Crippen LogP contribution in [0.4, 0.5) is 17.6 Å². The molecule has 0 fully saturated rings. The quantitative estimate of drug-likeness (QED) is 0.598. The van der Waals surface area contributed by atoms with Gasteiger partial charge in [0.05, 0.1) is 5.69 Å². The molecular weight excluding hydrogens is 460 g/mol. The first-order chi connectivity index (χ1) is 16.1. The number of hydrogen-bond acceptors (Lipinski definition) is 8. The van der Waals surface area contributed by atoms with E-state index in [9.17, 15) is 27.2 Å².